The highest BCUT2D eigenvalue weighted by atomic mass is 32.1. The third-order valence-corrected chi connectivity index (χ3v) is 4.81. The number of nitrogens with one attached hydrogen (secondary N) is 3. The van der Waals surface area contributed by atoms with Gasteiger partial charge in [0, 0.05) is 30.8 Å². The van der Waals surface area contributed by atoms with Crippen molar-refractivity contribution in [1.82, 2.24) is 4.98 Å². The average Bonchev–Trinajstić information content (AvgIpc) is 2.79. The summed E-state index contributed by atoms with van der Waals surface area (Å²) in [6.07, 6.45) is -3.48. The number of halogens is 3. The van der Waals surface area contributed by atoms with E-state index in [9.17, 15) is 28.1 Å². The van der Waals surface area contributed by atoms with Crippen LogP contribution in [0.2, 0.25) is 0 Å². The van der Waals surface area contributed by atoms with Crippen LogP contribution in [0.4, 0.5) is 35.9 Å². The lowest BCUT2D eigenvalue weighted by Crippen LogP contribution is -2.21. The van der Waals surface area contributed by atoms with E-state index in [4.69, 9.17) is 17.0 Å². The number of hydrogen-bond donors (Lipinski definition) is 3. The van der Waals surface area contributed by atoms with Crippen molar-refractivity contribution in [2.45, 2.75) is 13.1 Å². The summed E-state index contributed by atoms with van der Waals surface area (Å²) >= 11 is 5.33. The fourth-order valence-electron chi connectivity index (χ4n) is 3.04. The van der Waals surface area contributed by atoms with Gasteiger partial charge in [-0.25, -0.2) is 0 Å². The monoisotopic (exact) mass is 505 g/mol. The van der Waals surface area contributed by atoms with E-state index < -0.39 is 16.8 Å². The normalized spacial score (nSPS) is 10.9. The number of ether oxygens (including phenoxy) is 1. The number of carbonyl (C=O) groups is 1. The van der Waals surface area contributed by atoms with Crippen molar-refractivity contribution < 1.29 is 27.6 Å². The first-order valence-electron chi connectivity index (χ1n) is 9.83. The predicted molar refractivity (Wildman–Crippen MR) is 128 cm³/mol. The Morgan fingerprint density at radius 3 is 2.26 bits per heavy atom. The predicted octanol–water partition coefficient (Wildman–Crippen LogP) is 5.45. The van der Waals surface area contributed by atoms with Crippen molar-refractivity contribution in [3.63, 3.8) is 0 Å². The van der Waals surface area contributed by atoms with Crippen LogP contribution in [0.15, 0.2) is 54.7 Å². The summed E-state index contributed by atoms with van der Waals surface area (Å²) in [7, 11) is 1.39. The molecule has 35 heavy (non-hydrogen) atoms. The molecular weight excluding hydrogens is 487 g/mol. The summed E-state index contributed by atoms with van der Waals surface area (Å²) < 4.78 is 43.7. The van der Waals surface area contributed by atoms with Gasteiger partial charge in [-0.15, -0.1) is 0 Å². The summed E-state index contributed by atoms with van der Waals surface area (Å²) in [5.74, 6) is -0.0670. The second-order valence-corrected chi connectivity index (χ2v) is 7.50. The van der Waals surface area contributed by atoms with Crippen LogP contribution in [0.1, 0.15) is 12.6 Å². The highest BCUT2D eigenvalue weighted by molar-refractivity contribution is 7.80. The molecule has 0 spiro atoms. The van der Waals surface area contributed by atoms with Gasteiger partial charge in [0.1, 0.15) is 11.4 Å². The maximum atomic E-state index is 12.8. The highest BCUT2D eigenvalue weighted by Gasteiger charge is 2.32. The quantitative estimate of drug-likeness (QED) is 0.230. The molecule has 0 saturated heterocycles. The molecule has 0 radical (unpaired) electrons. The molecule has 2 aromatic carbocycles. The number of alkyl halides is 3. The standard InChI is InChI=1S/C22H18F3N5O4S/c1-12(31)27-16-6-3-13(14-4-8-20(26-11-14)22(23,24)25)9-17(16)28-21(35)29-18-10-15(30(32)33)5-7-19(18)34-2/h3-11H,1-2H3,(H,27,31)(H2,28,29,35). The topological polar surface area (TPSA) is 118 Å². The SMILES string of the molecule is COc1ccc([N+](=O)[O-])cc1NC(=S)Nc1cc(-c2ccc(C(F)(F)F)nc2)ccc1NC(C)=O. The van der Waals surface area contributed by atoms with E-state index in [-0.39, 0.29) is 22.4 Å². The van der Waals surface area contributed by atoms with Gasteiger partial charge in [0.15, 0.2) is 5.11 Å². The van der Waals surface area contributed by atoms with Crippen LogP contribution in [-0.2, 0) is 11.0 Å². The zero-order chi connectivity index (χ0) is 25.8. The van der Waals surface area contributed by atoms with E-state index in [1.54, 1.807) is 18.2 Å². The first-order valence-corrected chi connectivity index (χ1v) is 10.2. The number of nitrogens with zero attached hydrogens (tertiary/aromatic N) is 2. The Labute approximate surface area is 202 Å². The number of pyridine rings is 1. The van der Waals surface area contributed by atoms with Crippen molar-refractivity contribution in [3.8, 4) is 16.9 Å². The van der Waals surface area contributed by atoms with Crippen molar-refractivity contribution in [3.05, 3.63) is 70.5 Å². The number of aromatic nitrogens is 1. The Morgan fingerprint density at radius 2 is 1.69 bits per heavy atom. The molecule has 0 bridgehead atoms. The molecule has 182 valence electrons. The number of nitro groups is 1. The molecule has 1 aromatic heterocycles. The van der Waals surface area contributed by atoms with E-state index >= 15 is 0 Å². The number of methoxy groups -OCH3 is 1. The zero-order valence-corrected chi connectivity index (χ0v) is 19.1. The van der Waals surface area contributed by atoms with E-state index in [1.807, 2.05) is 0 Å². The van der Waals surface area contributed by atoms with Gasteiger partial charge in [0.25, 0.3) is 5.69 Å². The summed E-state index contributed by atoms with van der Waals surface area (Å²) in [4.78, 5) is 25.6. The smallest absolute Gasteiger partial charge is 0.433 e. The first-order chi connectivity index (χ1) is 16.5. The van der Waals surface area contributed by atoms with Crippen LogP contribution in [-0.4, -0.2) is 28.0 Å². The molecule has 9 nitrogen and oxygen atoms in total. The molecule has 3 N–H and O–H groups in total. The Bertz CT molecular complexity index is 1280. The largest absolute Gasteiger partial charge is 0.495 e. The maximum Gasteiger partial charge on any atom is 0.433 e. The number of benzene rings is 2. The molecule has 0 saturated carbocycles. The highest BCUT2D eigenvalue weighted by Crippen LogP contribution is 2.33. The third kappa shape index (κ3) is 6.41. The van der Waals surface area contributed by atoms with Crippen molar-refractivity contribution >= 4 is 46.0 Å². The minimum atomic E-state index is -4.56. The molecule has 3 rings (SSSR count). The Morgan fingerprint density at radius 1 is 1.00 bits per heavy atom. The molecule has 13 heteroatoms. The summed E-state index contributed by atoms with van der Waals surface area (Å²) in [6, 6.07) is 10.8. The van der Waals surface area contributed by atoms with Crippen LogP contribution in [0, 0.1) is 10.1 Å². The lowest BCUT2D eigenvalue weighted by Gasteiger charge is -2.17. The number of nitro benzene ring substituents is 1. The van der Waals surface area contributed by atoms with Crippen LogP contribution in [0.25, 0.3) is 11.1 Å². The molecule has 0 aliphatic rings. The molecule has 0 unspecified atom stereocenters. The Balaban J connectivity index is 1.91. The van der Waals surface area contributed by atoms with Gasteiger partial charge in [-0.3, -0.25) is 19.9 Å². The molecule has 3 aromatic rings. The van der Waals surface area contributed by atoms with Crippen LogP contribution in [0.3, 0.4) is 0 Å². The van der Waals surface area contributed by atoms with Crippen molar-refractivity contribution in [1.29, 1.82) is 0 Å². The van der Waals surface area contributed by atoms with Gasteiger partial charge in [0.05, 0.1) is 29.1 Å². The van der Waals surface area contributed by atoms with E-state index in [0.29, 0.717) is 28.3 Å². The maximum absolute atomic E-state index is 12.8. The summed E-state index contributed by atoms with van der Waals surface area (Å²) in [5.41, 5.74) is 0.574. The van der Waals surface area contributed by atoms with E-state index in [2.05, 4.69) is 20.9 Å². The Hall–Kier alpha value is -4.26. The van der Waals surface area contributed by atoms with Gasteiger partial charge in [0.2, 0.25) is 5.91 Å². The second-order valence-electron chi connectivity index (χ2n) is 7.09. The average molecular weight is 505 g/mol. The summed E-state index contributed by atoms with van der Waals surface area (Å²) in [6.45, 7) is 1.31. The van der Waals surface area contributed by atoms with Crippen molar-refractivity contribution in [2.24, 2.45) is 0 Å². The number of anilines is 3. The van der Waals surface area contributed by atoms with Crippen molar-refractivity contribution in [2.75, 3.05) is 23.1 Å². The number of carbonyl (C=O) groups excluding carboxylic acids is 1. The van der Waals surface area contributed by atoms with Crippen LogP contribution >= 0.6 is 12.2 Å². The van der Waals surface area contributed by atoms with Gasteiger partial charge in [-0.05, 0) is 42.0 Å². The van der Waals surface area contributed by atoms with Gasteiger partial charge < -0.3 is 20.7 Å². The number of rotatable bonds is 6. The van der Waals surface area contributed by atoms with Gasteiger partial charge >= 0.3 is 6.18 Å². The van der Waals surface area contributed by atoms with Gasteiger partial charge in [-0.1, -0.05) is 12.1 Å². The summed E-state index contributed by atoms with van der Waals surface area (Å²) in [5, 5.41) is 19.4. The van der Waals surface area contributed by atoms with Gasteiger partial charge in [-0.2, -0.15) is 13.2 Å². The first kappa shape index (κ1) is 25.4. The molecule has 0 atom stereocenters. The molecule has 1 heterocycles. The molecule has 0 aliphatic carbocycles. The number of amides is 1. The van der Waals surface area contributed by atoms with E-state index in [1.165, 1.54) is 38.3 Å². The Kier molecular flexibility index (Phi) is 7.49. The van der Waals surface area contributed by atoms with Crippen LogP contribution in [0.5, 0.6) is 5.75 Å². The fraction of sp³-hybridized carbons (Fsp3) is 0.136. The number of non-ortho nitro benzene ring substituents is 1. The molecule has 0 aliphatic heterocycles. The zero-order valence-electron chi connectivity index (χ0n) is 18.3. The minimum absolute atomic E-state index is 0.0121. The molecular formula is C22H18F3N5O4S. The number of thiocarbonyl (C=S) groups is 1. The lowest BCUT2D eigenvalue weighted by atomic mass is 10.1. The second kappa shape index (κ2) is 10.3. The van der Waals surface area contributed by atoms with Crippen LogP contribution < -0.4 is 20.7 Å². The molecule has 1 amide bonds. The van der Waals surface area contributed by atoms with E-state index in [0.717, 1.165) is 12.3 Å². The number of hydrogen-bond acceptors (Lipinski definition) is 6. The fourth-order valence-corrected chi connectivity index (χ4v) is 3.26. The lowest BCUT2D eigenvalue weighted by molar-refractivity contribution is -0.384. The minimum Gasteiger partial charge on any atom is -0.495 e. The molecule has 0 fully saturated rings. The third-order valence-electron chi connectivity index (χ3n) is 4.61.